The van der Waals surface area contributed by atoms with Crippen LogP contribution in [-0.4, -0.2) is 40.1 Å². The van der Waals surface area contributed by atoms with E-state index in [0.29, 0.717) is 37.7 Å². The molecule has 1 atom stereocenters. The van der Waals surface area contributed by atoms with Crippen LogP contribution in [0, 0.1) is 0 Å². The molecule has 1 amide bonds. The van der Waals surface area contributed by atoms with E-state index < -0.39 is 6.09 Å². The van der Waals surface area contributed by atoms with Gasteiger partial charge in [-0.25, -0.2) is 4.79 Å². The molecule has 20 heavy (non-hydrogen) atoms. The predicted molar refractivity (Wildman–Crippen MR) is 74.3 cm³/mol. The van der Waals surface area contributed by atoms with Crippen LogP contribution in [0.4, 0.5) is 4.79 Å². The molecule has 108 valence electrons. The summed E-state index contributed by atoms with van der Waals surface area (Å²) < 4.78 is 0. The number of hydrogen-bond donors (Lipinski definition) is 2. The third-order valence-electron chi connectivity index (χ3n) is 3.87. The zero-order valence-electron chi connectivity index (χ0n) is 11.5. The minimum atomic E-state index is -0.894. The van der Waals surface area contributed by atoms with Crippen LogP contribution in [0.3, 0.4) is 0 Å². The summed E-state index contributed by atoms with van der Waals surface area (Å²) in [6.45, 7) is 2.47. The normalized spacial score (nSPS) is 17.4. The standard InChI is InChI=1S/C15H19NO4/c1-2-7-16(15(19)20)12-5-6-13-10(8-12)3-4-11(9-17)14(13)18/h3-4,9,12,18H,2,5-8H2,1H3,(H,19,20). The van der Waals surface area contributed by atoms with Gasteiger partial charge in [0.2, 0.25) is 0 Å². The number of carbonyl (C=O) groups excluding carboxylic acids is 1. The molecule has 1 aliphatic carbocycles. The molecule has 5 heteroatoms. The third-order valence-corrected chi connectivity index (χ3v) is 3.87. The van der Waals surface area contributed by atoms with Gasteiger partial charge in [0.25, 0.3) is 0 Å². The van der Waals surface area contributed by atoms with Crippen molar-refractivity contribution in [3.8, 4) is 5.75 Å². The molecule has 5 nitrogen and oxygen atoms in total. The van der Waals surface area contributed by atoms with Crippen LogP contribution in [0.5, 0.6) is 5.75 Å². The highest BCUT2D eigenvalue weighted by molar-refractivity contribution is 5.80. The Morgan fingerprint density at radius 1 is 1.50 bits per heavy atom. The van der Waals surface area contributed by atoms with E-state index in [2.05, 4.69) is 0 Å². The van der Waals surface area contributed by atoms with Crippen molar-refractivity contribution >= 4 is 12.4 Å². The highest BCUT2D eigenvalue weighted by atomic mass is 16.4. The summed E-state index contributed by atoms with van der Waals surface area (Å²) in [6.07, 6.45) is 2.40. The average molecular weight is 277 g/mol. The molecule has 2 rings (SSSR count). The number of phenols is 1. The molecule has 0 fully saturated rings. The summed E-state index contributed by atoms with van der Waals surface area (Å²) in [7, 11) is 0. The first kappa shape index (κ1) is 14.4. The van der Waals surface area contributed by atoms with Crippen LogP contribution in [0.2, 0.25) is 0 Å². The maximum Gasteiger partial charge on any atom is 0.407 e. The number of rotatable bonds is 4. The number of hydrogen-bond acceptors (Lipinski definition) is 3. The molecule has 1 aliphatic rings. The van der Waals surface area contributed by atoms with Gasteiger partial charge in [0.15, 0.2) is 6.29 Å². The first-order valence-corrected chi connectivity index (χ1v) is 6.87. The topological polar surface area (TPSA) is 77.8 Å². The van der Waals surface area contributed by atoms with E-state index in [9.17, 15) is 19.8 Å². The zero-order valence-corrected chi connectivity index (χ0v) is 11.5. The van der Waals surface area contributed by atoms with Crippen LogP contribution >= 0.6 is 0 Å². The lowest BCUT2D eigenvalue weighted by molar-refractivity contribution is 0.112. The summed E-state index contributed by atoms with van der Waals surface area (Å²) in [6, 6.07) is 3.35. The van der Waals surface area contributed by atoms with Gasteiger partial charge < -0.3 is 15.1 Å². The smallest absolute Gasteiger partial charge is 0.407 e. The average Bonchev–Trinajstić information content (AvgIpc) is 2.44. The maximum absolute atomic E-state index is 11.3. The van der Waals surface area contributed by atoms with Gasteiger partial charge in [-0.15, -0.1) is 0 Å². The SMILES string of the molecule is CCCN(C(=O)O)C1CCc2c(ccc(C=O)c2O)C1. The fourth-order valence-corrected chi connectivity index (χ4v) is 2.87. The number of aldehydes is 1. The molecule has 1 aromatic carbocycles. The Bertz CT molecular complexity index is 527. The molecule has 0 radical (unpaired) electrons. The van der Waals surface area contributed by atoms with Crippen LogP contribution in [0.1, 0.15) is 41.3 Å². The van der Waals surface area contributed by atoms with Crippen LogP contribution in [-0.2, 0) is 12.8 Å². The molecule has 2 N–H and O–H groups in total. The van der Waals surface area contributed by atoms with Gasteiger partial charge in [-0.3, -0.25) is 4.79 Å². The quantitative estimate of drug-likeness (QED) is 0.829. The molecule has 0 heterocycles. The van der Waals surface area contributed by atoms with Gasteiger partial charge in [-0.2, -0.15) is 0 Å². The minimum Gasteiger partial charge on any atom is -0.507 e. The Hall–Kier alpha value is -2.04. The lowest BCUT2D eigenvalue weighted by Gasteiger charge is -2.33. The van der Waals surface area contributed by atoms with Gasteiger partial charge in [-0.1, -0.05) is 13.0 Å². The summed E-state index contributed by atoms with van der Waals surface area (Å²) in [5.74, 6) is 0.0494. The van der Waals surface area contributed by atoms with Crippen molar-refractivity contribution in [1.29, 1.82) is 0 Å². The van der Waals surface area contributed by atoms with Gasteiger partial charge in [0.05, 0.1) is 5.56 Å². The number of carbonyl (C=O) groups is 2. The molecule has 0 aliphatic heterocycles. The fraction of sp³-hybridized carbons (Fsp3) is 0.467. The van der Waals surface area contributed by atoms with Crippen molar-refractivity contribution in [2.24, 2.45) is 0 Å². The highest BCUT2D eigenvalue weighted by Gasteiger charge is 2.28. The van der Waals surface area contributed by atoms with E-state index in [1.165, 1.54) is 4.90 Å². The van der Waals surface area contributed by atoms with E-state index in [-0.39, 0.29) is 11.8 Å². The van der Waals surface area contributed by atoms with Crippen molar-refractivity contribution in [1.82, 2.24) is 4.90 Å². The van der Waals surface area contributed by atoms with Gasteiger partial charge in [-0.05, 0) is 42.9 Å². The summed E-state index contributed by atoms with van der Waals surface area (Å²) >= 11 is 0. The Labute approximate surface area is 117 Å². The molecular weight excluding hydrogens is 258 g/mol. The second kappa shape index (κ2) is 5.94. The largest absolute Gasteiger partial charge is 0.507 e. The lowest BCUT2D eigenvalue weighted by Crippen LogP contribution is -2.43. The molecule has 1 aromatic rings. The van der Waals surface area contributed by atoms with Crippen molar-refractivity contribution < 1.29 is 19.8 Å². The highest BCUT2D eigenvalue weighted by Crippen LogP contribution is 2.32. The van der Waals surface area contributed by atoms with Gasteiger partial charge >= 0.3 is 6.09 Å². The lowest BCUT2D eigenvalue weighted by atomic mass is 9.86. The Balaban J connectivity index is 2.25. The van der Waals surface area contributed by atoms with E-state index in [0.717, 1.165) is 17.5 Å². The number of carboxylic acid groups (broad SMARTS) is 1. The summed E-state index contributed by atoms with van der Waals surface area (Å²) in [5, 5.41) is 19.3. The Morgan fingerprint density at radius 2 is 2.25 bits per heavy atom. The van der Waals surface area contributed by atoms with E-state index in [4.69, 9.17) is 0 Å². The van der Waals surface area contributed by atoms with Crippen molar-refractivity contribution in [3.63, 3.8) is 0 Å². The van der Waals surface area contributed by atoms with Crippen molar-refractivity contribution in [2.75, 3.05) is 6.54 Å². The Kier molecular flexibility index (Phi) is 4.27. The second-order valence-electron chi connectivity index (χ2n) is 5.13. The van der Waals surface area contributed by atoms with Gasteiger partial charge in [0, 0.05) is 12.6 Å². The summed E-state index contributed by atoms with van der Waals surface area (Å²) in [4.78, 5) is 23.6. The number of aromatic hydroxyl groups is 1. The molecular formula is C15H19NO4. The van der Waals surface area contributed by atoms with E-state index in [1.54, 1.807) is 6.07 Å². The first-order valence-electron chi connectivity index (χ1n) is 6.87. The van der Waals surface area contributed by atoms with E-state index >= 15 is 0 Å². The second-order valence-corrected chi connectivity index (χ2v) is 5.13. The predicted octanol–water partition coefficient (Wildman–Crippen LogP) is 2.45. The summed E-state index contributed by atoms with van der Waals surface area (Å²) in [5.41, 5.74) is 2.02. The maximum atomic E-state index is 11.3. The molecule has 0 spiro atoms. The Morgan fingerprint density at radius 3 is 2.85 bits per heavy atom. The number of fused-ring (bicyclic) bond motifs is 1. The van der Waals surface area contributed by atoms with Crippen molar-refractivity contribution in [3.05, 3.63) is 28.8 Å². The molecule has 0 aromatic heterocycles. The van der Waals surface area contributed by atoms with E-state index in [1.807, 2.05) is 13.0 Å². The first-order chi connectivity index (χ1) is 9.58. The third kappa shape index (κ3) is 2.61. The van der Waals surface area contributed by atoms with Gasteiger partial charge in [0.1, 0.15) is 5.75 Å². The number of nitrogens with zero attached hydrogens (tertiary/aromatic N) is 1. The van der Waals surface area contributed by atoms with Crippen LogP contribution in [0.15, 0.2) is 12.1 Å². The molecule has 1 unspecified atom stereocenters. The molecule has 0 saturated heterocycles. The number of benzene rings is 1. The monoisotopic (exact) mass is 277 g/mol. The van der Waals surface area contributed by atoms with Crippen LogP contribution < -0.4 is 0 Å². The fourth-order valence-electron chi connectivity index (χ4n) is 2.87. The number of phenolic OH excluding ortho intramolecular Hbond substituents is 1. The minimum absolute atomic E-state index is 0.0494. The number of amides is 1. The molecule has 0 saturated carbocycles. The van der Waals surface area contributed by atoms with Crippen molar-refractivity contribution in [2.45, 2.75) is 38.6 Å². The van der Waals surface area contributed by atoms with Crippen LogP contribution in [0.25, 0.3) is 0 Å². The molecule has 0 bridgehead atoms. The zero-order chi connectivity index (χ0) is 14.7.